The third kappa shape index (κ3) is 3.25. The molecule has 1 heterocycles. The van der Waals surface area contributed by atoms with Gasteiger partial charge in [-0.15, -0.1) is 0 Å². The quantitative estimate of drug-likeness (QED) is 0.558. The predicted molar refractivity (Wildman–Crippen MR) is 56.2 cm³/mol. The van der Waals surface area contributed by atoms with Crippen molar-refractivity contribution >= 4 is 18.2 Å². The van der Waals surface area contributed by atoms with Crippen LogP contribution in [-0.2, 0) is 28.6 Å². The number of ether oxygens (including phenoxy) is 3. The molecule has 0 bridgehead atoms. The Morgan fingerprint density at radius 2 is 1.74 bits per heavy atom. The molecule has 0 radical (unpaired) electrons. The average Bonchev–Trinajstić information content (AvgIpc) is 2.25. The van der Waals surface area contributed by atoms with Crippen molar-refractivity contribution < 1.29 is 37.4 Å². The number of halogens is 2. The average molecular weight is 280 g/mol. The van der Waals surface area contributed by atoms with Gasteiger partial charge in [-0.25, -0.2) is 0 Å². The number of aldehydes is 1. The predicted octanol–water partition coefficient (Wildman–Crippen LogP) is 0.676. The summed E-state index contributed by atoms with van der Waals surface area (Å²) >= 11 is 0. The van der Waals surface area contributed by atoms with Crippen LogP contribution in [0.5, 0.6) is 0 Å². The maximum atomic E-state index is 14.0. The van der Waals surface area contributed by atoms with Gasteiger partial charge in [-0.2, -0.15) is 8.78 Å². The van der Waals surface area contributed by atoms with E-state index in [9.17, 15) is 23.2 Å². The number of rotatable bonds is 3. The molecular formula is C11H14F2O6. The van der Waals surface area contributed by atoms with E-state index in [1.807, 2.05) is 0 Å². The van der Waals surface area contributed by atoms with Crippen molar-refractivity contribution in [2.24, 2.45) is 5.92 Å². The third-order valence-electron chi connectivity index (χ3n) is 2.65. The normalized spacial score (nSPS) is 33.3. The zero-order valence-electron chi connectivity index (χ0n) is 10.6. The number of carbonyl (C=O) groups excluding carboxylic acids is 3. The van der Waals surface area contributed by atoms with Gasteiger partial charge in [-0.1, -0.05) is 0 Å². The third-order valence-corrected chi connectivity index (χ3v) is 2.65. The smallest absolute Gasteiger partial charge is 0.345 e. The minimum absolute atomic E-state index is 0.232. The first-order chi connectivity index (χ1) is 8.70. The molecule has 1 saturated heterocycles. The fourth-order valence-corrected chi connectivity index (χ4v) is 1.79. The molecule has 0 aromatic rings. The van der Waals surface area contributed by atoms with Gasteiger partial charge in [-0.05, 0) is 6.92 Å². The van der Waals surface area contributed by atoms with E-state index in [1.54, 1.807) is 0 Å². The van der Waals surface area contributed by atoms with Crippen LogP contribution < -0.4 is 0 Å². The summed E-state index contributed by atoms with van der Waals surface area (Å²) < 4.78 is 41.7. The Kier molecular flexibility index (Phi) is 4.56. The lowest BCUT2D eigenvalue weighted by atomic mass is 9.90. The van der Waals surface area contributed by atoms with Gasteiger partial charge in [-0.3, -0.25) is 9.59 Å². The molecule has 0 aromatic heterocycles. The summed E-state index contributed by atoms with van der Waals surface area (Å²) in [7, 11) is 0. The number of carbonyl (C=O) groups is 3. The summed E-state index contributed by atoms with van der Waals surface area (Å²) in [6, 6.07) is 0. The SMILES string of the molecule is CC(=O)O[C@@H]1O[C@@H](C)[C@@H](C=O)[C@@H](OC(C)=O)C1(F)F. The summed E-state index contributed by atoms with van der Waals surface area (Å²) in [6.07, 6.45) is -4.97. The van der Waals surface area contributed by atoms with Gasteiger partial charge >= 0.3 is 17.9 Å². The molecule has 1 aliphatic rings. The summed E-state index contributed by atoms with van der Waals surface area (Å²) in [6.45, 7) is 3.23. The van der Waals surface area contributed by atoms with Gasteiger partial charge in [0.25, 0.3) is 6.29 Å². The molecule has 0 saturated carbocycles. The van der Waals surface area contributed by atoms with Crippen molar-refractivity contribution in [2.45, 2.75) is 45.2 Å². The zero-order valence-corrected chi connectivity index (χ0v) is 10.6. The second-order valence-electron chi connectivity index (χ2n) is 4.20. The fraction of sp³-hybridized carbons (Fsp3) is 0.727. The topological polar surface area (TPSA) is 78.9 Å². The van der Waals surface area contributed by atoms with Crippen molar-refractivity contribution in [1.29, 1.82) is 0 Å². The zero-order chi connectivity index (χ0) is 14.8. The molecule has 6 nitrogen and oxygen atoms in total. The van der Waals surface area contributed by atoms with Crippen molar-refractivity contribution in [3.8, 4) is 0 Å². The second-order valence-corrected chi connectivity index (χ2v) is 4.20. The number of alkyl halides is 2. The maximum absolute atomic E-state index is 14.0. The van der Waals surface area contributed by atoms with Crippen LogP contribution in [0.3, 0.4) is 0 Å². The summed E-state index contributed by atoms with van der Waals surface area (Å²) in [5.41, 5.74) is 0. The molecule has 0 N–H and O–H groups in total. The van der Waals surface area contributed by atoms with Gasteiger partial charge in [0.1, 0.15) is 6.29 Å². The Hall–Kier alpha value is -1.57. The van der Waals surface area contributed by atoms with E-state index >= 15 is 0 Å². The molecule has 19 heavy (non-hydrogen) atoms. The minimum atomic E-state index is -3.81. The monoisotopic (exact) mass is 280 g/mol. The molecule has 0 unspecified atom stereocenters. The molecule has 0 aliphatic carbocycles. The highest BCUT2D eigenvalue weighted by Crippen LogP contribution is 2.39. The van der Waals surface area contributed by atoms with E-state index in [4.69, 9.17) is 4.74 Å². The highest BCUT2D eigenvalue weighted by molar-refractivity contribution is 5.68. The highest BCUT2D eigenvalue weighted by Gasteiger charge is 2.61. The Balaban J connectivity index is 3.06. The molecular weight excluding hydrogens is 266 g/mol. The largest absolute Gasteiger partial charge is 0.455 e. The van der Waals surface area contributed by atoms with Crippen LogP contribution >= 0.6 is 0 Å². The maximum Gasteiger partial charge on any atom is 0.345 e. The van der Waals surface area contributed by atoms with Crippen LogP contribution in [0.2, 0.25) is 0 Å². The van der Waals surface area contributed by atoms with E-state index in [2.05, 4.69) is 9.47 Å². The standard InChI is InChI=1S/C11H14F2O6/c1-5-8(4-14)9(18-6(2)15)11(12,13)10(17-5)19-7(3)16/h4-5,8-10H,1-3H3/t5-,8+,9+,10-/m0/s1. The van der Waals surface area contributed by atoms with Gasteiger partial charge in [0, 0.05) is 13.8 Å². The molecule has 0 spiro atoms. The van der Waals surface area contributed by atoms with Crippen LogP contribution in [0.4, 0.5) is 8.78 Å². The van der Waals surface area contributed by atoms with E-state index in [-0.39, 0.29) is 6.29 Å². The Morgan fingerprint density at radius 3 is 2.16 bits per heavy atom. The van der Waals surface area contributed by atoms with E-state index in [0.717, 1.165) is 13.8 Å². The minimum Gasteiger partial charge on any atom is -0.455 e. The molecule has 1 aliphatic heterocycles. The Bertz CT molecular complexity index is 383. The van der Waals surface area contributed by atoms with Crippen LogP contribution in [0, 0.1) is 5.92 Å². The van der Waals surface area contributed by atoms with Crippen molar-refractivity contribution in [3.63, 3.8) is 0 Å². The van der Waals surface area contributed by atoms with Crippen LogP contribution in [0.15, 0.2) is 0 Å². The van der Waals surface area contributed by atoms with Gasteiger partial charge in [0.2, 0.25) is 0 Å². The molecule has 1 rings (SSSR count). The summed E-state index contributed by atoms with van der Waals surface area (Å²) in [5, 5.41) is 0. The number of esters is 2. The summed E-state index contributed by atoms with van der Waals surface area (Å²) in [4.78, 5) is 32.5. The lowest BCUT2D eigenvalue weighted by Crippen LogP contribution is -2.61. The molecule has 8 heteroatoms. The number of hydrogen-bond donors (Lipinski definition) is 0. The van der Waals surface area contributed by atoms with Crippen LogP contribution in [0.25, 0.3) is 0 Å². The first-order valence-electron chi connectivity index (χ1n) is 5.53. The summed E-state index contributed by atoms with van der Waals surface area (Å²) in [5.74, 6) is -7.09. The Morgan fingerprint density at radius 1 is 1.21 bits per heavy atom. The van der Waals surface area contributed by atoms with Crippen LogP contribution in [-0.4, -0.2) is 42.6 Å². The molecule has 0 amide bonds. The van der Waals surface area contributed by atoms with E-state index in [1.165, 1.54) is 6.92 Å². The van der Waals surface area contributed by atoms with E-state index in [0.29, 0.717) is 0 Å². The fourth-order valence-electron chi connectivity index (χ4n) is 1.79. The second kappa shape index (κ2) is 5.60. The lowest BCUT2D eigenvalue weighted by molar-refractivity contribution is -0.329. The van der Waals surface area contributed by atoms with Gasteiger partial charge in [0.15, 0.2) is 6.10 Å². The Labute approximate surface area is 108 Å². The van der Waals surface area contributed by atoms with Crippen molar-refractivity contribution in [1.82, 2.24) is 0 Å². The van der Waals surface area contributed by atoms with Crippen LogP contribution in [0.1, 0.15) is 20.8 Å². The highest BCUT2D eigenvalue weighted by atomic mass is 19.3. The van der Waals surface area contributed by atoms with Gasteiger partial charge in [0.05, 0.1) is 12.0 Å². The van der Waals surface area contributed by atoms with Crippen molar-refractivity contribution in [3.05, 3.63) is 0 Å². The van der Waals surface area contributed by atoms with Crippen molar-refractivity contribution in [2.75, 3.05) is 0 Å². The lowest BCUT2D eigenvalue weighted by Gasteiger charge is -2.42. The van der Waals surface area contributed by atoms with Gasteiger partial charge < -0.3 is 19.0 Å². The van der Waals surface area contributed by atoms with E-state index < -0.39 is 42.3 Å². The molecule has 0 aromatic carbocycles. The first kappa shape index (κ1) is 15.5. The number of hydrogen-bond acceptors (Lipinski definition) is 6. The molecule has 4 atom stereocenters. The molecule has 1 fully saturated rings. The first-order valence-corrected chi connectivity index (χ1v) is 5.53. The molecule has 108 valence electrons.